The van der Waals surface area contributed by atoms with E-state index in [1.165, 1.54) is 24.8 Å². The van der Waals surface area contributed by atoms with Gasteiger partial charge < -0.3 is 19.9 Å². The van der Waals surface area contributed by atoms with E-state index < -0.39 is 0 Å². The molecule has 154 valence electrons. The summed E-state index contributed by atoms with van der Waals surface area (Å²) >= 11 is 7.33. The topological polar surface area (TPSA) is 70.6 Å². The van der Waals surface area contributed by atoms with Crippen LogP contribution in [0, 0.1) is 0 Å². The first-order valence-electron chi connectivity index (χ1n) is 9.98. The smallest absolute Gasteiger partial charge is 0.341 e. The maximum atomic E-state index is 12.5. The lowest BCUT2D eigenvalue weighted by atomic mass is 10.1. The Morgan fingerprint density at radius 1 is 1.14 bits per heavy atom. The Morgan fingerprint density at radius 3 is 2.59 bits per heavy atom. The van der Waals surface area contributed by atoms with E-state index in [9.17, 15) is 4.79 Å². The van der Waals surface area contributed by atoms with Crippen LogP contribution in [0.5, 0.6) is 0 Å². The molecule has 29 heavy (non-hydrogen) atoms. The number of carbonyl (C=O) groups is 1. The summed E-state index contributed by atoms with van der Waals surface area (Å²) in [6.07, 6.45) is 8.96. The Balaban J connectivity index is 1.45. The summed E-state index contributed by atoms with van der Waals surface area (Å²) in [4.78, 5) is 26.7. The number of hydrogen-bond donors (Lipinski definition) is 1. The van der Waals surface area contributed by atoms with Gasteiger partial charge in [-0.1, -0.05) is 6.42 Å². The normalized spacial score (nSPS) is 16.7. The second-order valence-corrected chi connectivity index (χ2v) is 8.71. The maximum absolute atomic E-state index is 12.5. The minimum absolute atomic E-state index is 0.277. The van der Waals surface area contributed by atoms with Gasteiger partial charge in [0.05, 0.1) is 12.7 Å². The lowest BCUT2D eigenvalue weighted by Crippen LogP contribution is -2.50. The fourth-order valence-corrected chi connectivity index (χ4v) is 5.51. The third-order valence-corrected chi connectivity index (χ3v) is 7.00. The summed E-state index contributed by atoms with van der Waals surface area (Å²) in [5.74, 6) is 0.474. The SMILES string of the molecule is COC(=O)c1c(NC(=S)N2CCN(c3ncccn3)CC2)sc2c1CCCCC2. The zero-order valence-electron chi connectivity index (χ0n) is 16.5. The standard InChI is InChI=1S/C20H25N5O2S2/c1-27-18(26)16-14-6-3-2-4-7-15(14)29-17(16)23-20(28)25-12-10-24(11-13-25)19-21-8-5-9-22-19/h5,8-9H,2-4,6-7,10-13H2,1H3,(H,23,28). The van der Waals surface area contributed by atoms with Gasteiger partial charge in [0.15, 0.2) is 5.11 Å². The van der Waals surface area contributed by atoms with E-state index in [1.54, 1.807) is 23.7 Å². The number of anilines is 2. The Hall–Kier alpha value is -2.26. The van der Waals surface area contributed by atoms with E-state index in [0.717, 1.165) is 62.0 Å². The van der Waals surface area contributed by atoms with Crippen LogP contribution < -0.4 is 10.2 Å². The molecule has 1 aliphatic carbocycles. The number of hydrogen-bond acceptors (Lipinski definition) is 7. The zero-order chi connectivity index (χ0) is 20.2. The van der Waals surface area contributed by atoms with Crippen LogP contribution in [-0.2, 0) is 17.6 Å². The fraction of sp³-hybridized carbons (Fsp3) is 0.500. The molecule has 2 aliphatic rings. The lowest BCUT2D eigenvalue weighted by Gasteiger charge is -2.36. The van der Waals surface area contributed by atoms with Crippen molar-refractivity contribution in [2.24, 2.45) is 0 Å². The van der Waals surface area contributed by atoms with Gasteiger partial charge in [0.2, 0.25) is 5.95 Å². The number of piperazine rings is 1. The molecule has 1 aliphatic heterocycles. The van der Waals surface area contributed by atoms with E-state index in [-0.39, 0.29) is 5.97 Å². The number of rotatable bonds is 3. The molecule has 1 fully saturated rings. The van der Waals surface area contributed by atoms with Crippen LogP contribution in [0.3, 0.4) is 0 Å². The van der Waals surface area contributed by atoms with Crippen molar-refractivity contribution < 1.29 is 9.53 Å². The molecule has 0 spiro atoms. The van der Waals surface area contributed by atoms with Crippen molar-refractivity contribution in [3.63, 3.8) is 0 Å². The molecule has 0 aromatic carbocycles. The van der Waals surface area contributed by atoms with E-state index in [4.69, 9.17) is 17.0 Å². The highest BCUT2D eigenvalue weighted by atomic mass is 32.1. The molecule has 1 N–H and O–H groups in total. The van der Waals surface area contributed by atoms with Crippen molar-refractivity contribution in [1.29, 1.82) is 0 Å². The Morgan fingerprint density at radius 2 is 1.86 bits per heavy atom. The summed E-state index contributed by atoms with van der Waals surface area (Å²) in [7, 11) is 1.44. The number of carbonyl (C=O) groups excluding carboxylic acids is 1. The summed E-state index contributed by atoms with van der Waals surface area (Å²) < 4.78 is 5.08. The molecule has 4 rings (SSSR count). The van der Waals surface area contributed by atoms with Gasteiger partial charge in [0.1, 0.15) is 5.00 Å². The highest BCUT2D eigenvalue weighted by molar-refractivity contribution is 7.80. The number of thiophene rings is 1. The van der Waals surface area contributed by atoms with Gasteiger partial charge in [0, 0.05) is 43.4 Å². The number of ether oxygens (including phenoxy) is 1. The molecule has 0 amide bonds. The minimum atomic E-state index is -0.277. The summed E-state index contributed by atoms with van der Waals surface area (Å²) in [6.45, 7) is 3.17. The van der Waals surface area contributed by atoms with Crippen molar-refractivity contribution in [2.45, 2.75) is 32.1 Å². The lowest BCUT2D eigenvalue weighted by molar-refractivity contribution is 0.0601. The van der Waals surface area contributed by atoms with Crippen LogP contribution in [0.1, 0.15) is 40.1 Å². The molecule has 1 saturated heterocycles. The quantitative estimate of drug-likeness (QED) is 0.452. The van der Waals surface area contributed by atoms with E-state index in [2.05, 4.69) is 25.1 Å². The van der Waals surface area contributed by atoms with Gasteiger partial charge in [-0.3, -0.25) is 0 Å². The molecule has 0 atom stereocenters. The van der Waals surface area contributed by atoms with Gasteiger partial charge in [-0.05, 0) is 49.5 Å². The molecule has 2 aromatic rings. The molecule has 0 unspecified atom stereocenters. The van der Waals surface area contributed by atoms with E-state index in [1.807, 2.05) is 6.07 Å². The number of methoxy groups -OCH3 is 1. The van der Waals surface area contributed by atoms with Crippen molar-refractivity contribution in [3.05, 3.63) is 34.5 Å². The highest BCUT2D eigenvalue weighted by Crippen LogP contribution is 2.38. The first kappa shape index (κ1) is 20.0. The molecule has 0 bridgehead atoms. The van der Waals surface area contributed by atoms with Crippen LogP contribution in [0.2, 0.25) is 0 Å². The van der Waals surface area contributed by atoms with Crippen molar-refractivity contribution in [2.75, 3.05) is 43.5 Å². The van der Waals surface area contributed by atoms with Crippen molar-refractivity contribution in [3.8, 4) is 0 Å². The molecule has 9 heteroatoms. The second kappa shape index (κ2) is 9.04. The monoisotopic (exact) mass is 431 g/mol. The second-order valence-electron chi connectivity index (χ2n) is 7.21. The van der Waals surface area contributed by atoms with Crippen molar-refractivity contribution in [1.82, 2.24) is 14.9 Å². The summed E-state index contributed by atoms with van der Waals surface area (Å²) in [5, 5.41) is 4.83. The van der Waals surface area contributed by atoms with Crippen molar-refractivity contribution >= 4 is 45.6 Å². The zero-order valence-corrected chi connectivity index (χ0v) is 18.2. The number of fused-ring (bicyclic) bond motifs is 1. The predicted molar refractivity (Wildman–Crippen MR) is 119 cm³/mol. The highest BCUT2D eigenvalue weighted by Gasteiger charge is 2.27. The fourth-order valence-electron chi connectivity index (χ4n) is 3.89. The Labute approximate surface area is 180 Å². The van der Waals surface area contributed by atoms with Crippen LogP contribution in [-0.4, -0.2) is 59.2 Å². The summed E-state index contributed by atoms with van der Waals surface area (Å²) in [6, 6.07) is 1.82. The minimum Gasteiger partial charge on any atom is -0.465 e. The number of esters is 1. The number of nitrogens with zero attached hydrogens (tertiary/aromatic N) is 4. The van der Waals surface area contributed by atoms with Gasteiger partial charge in [-0.25, -0.2) is 14.8 Å². The van der Waals surface area contributed by atoms with Crippen LogP contribution >= 0.6 is 23.6 Å². The average molecular weight is 432 g/mol. The predicted octanol–water partition coefficient (Wildman–Crippen LogP) is 3.11. The van der Waals surface area contributed by atoms with Gasteiger partial charge >= 0.3 is 5.97 Å². The van der Waals surface area contributed by atoms with Gasteiger partial charge in [0.25, 0.3) is 0 Å². The number of aromatic nitrogens is 2. The number of nitrogens with one attached hydrogen (secondary N) is 1. The Bertz CT molecular complexity index is 878. The molecular formula is C20H25N5O2S2. The maximum Gasteiger partial charge on any atom is 0.341 e. The summed E-state index contributed by atoms with van der Waals surface area (Å²) in [5.41, 5.74) is 1.82. The Kier molecular flexibility index (Phi) is 6.25. The van der Waals surface area contributed by atoms with Crippen LogP contribution in [0.4, 0.5) is 10.9 Å². The largest absolute Gasteiger partial charge is 0.465 e. The van der Waals surface area contributed by atoms with E-state index in [0.29, 0.717) is 10.7 Å². The van der Waals surface area contributed by atoms with Crippen LogP contribution in [0.15, 0.2) is 18.5 Å². The molecule has 0 saturated carbocycles. The first-order chi connectivity index (χ1) is 14.2. The first-order valence-corrected chi connectivity index (χ1v) is 11.2. The molecule has 2 aromatic heterocycles. The average Bonchev–Trinajstić information content (AvgIpc) is 2.94. The molecule has 7 nitrogen and oxygen atoms in total. The van der Waals surface area contributed by atoms with E-state index >= 15 is 0 Å². The number of aryl methyl sites for hydroxylation is 1. The third kappa shape index (κ3) is 4.35. The van der Waals surface area contributed by atoms with Gasteiger partial charge in [-0.2, -0.15) is 0 Å². The molecule has 0 radical (unpaired) electrons. The molecule has 3 heterocycles. The number of thiocarbonyl (C=S) groups is 1. The third-order valence-electron chi connectivity index (χ3n) is 5.43. The molecular weight excluding hydrogens is 406 g/mol. The van der Waals surface area contributed by atoms with Crippen LogP contribution in [0.25, 0.3) is 0 Å². The van der Waals surface area contributed by atoms with Gasteiger partial charge in [-0.15, -0.1) is 11.3 Å².